The van der Waals surface area contributed by atoms with Crippen LogP contribution in [0.1, 0.15) is 24.8 Å². The van der Waals surface area contributed by atoms with Gasteiger partial charge in [0, 0.05) is 26.1 Å². The minimum atomic E-state index is -3.29. The van der Waals surface area contributed by atoms with Crippen molar-refractivity contribution in [1.82, 2.24) is 9.62 Å². The molecular weight excluding hydrogens is 304 g/mol. The average Bonchev–Trinajstić information content (AvgIpc) is 3.07. The third-order valence-corrected chi connectivity index (χ3v) is 5.57. The third kappa shape index (κ3) is 4.71. The van der Waals surface area contributed by atoms with E-state index in [0.29, 0.717) is 19.6 Å². The topological polar surface area (TPSA) is 75.7 Å². The Morgan fingerprint density at radius 2 is 1.86 bits per heavy atom. The van der Waals surface area contributed by atoms with Gasteiger partial charge in [0.15, 0.2) is 0 Å². The summed E-state index contributed by atoms with van der Waals surface area (Å²) in [5.74, 6) is 0.381. The fourth-order valence-electron chi connectivity index (χ4n) is 2.35. The highest BCUT2D eigenvalue weighted by atomic mass is 32.2. The number of nitrogens with zero attached hydrogens (tertiary/aromatic N) is 1. The van der Waals surface area contributed by atoms with Crippen LogP contribution in [0.4, 0.5) is 0 Å². The van der Waals surface area contributed by atoms with Crippen molar-refractivity contribution in [3.63, 3.8) is 0 Å². The summed E-state index contributed by atoms with van der Waals surface area (Å²) in [7, 11) is -1.70. The molecule has 1 aliphatic heterocycles. The summed E-state index contributed by atoms with van der Waals surface area (Å²) in [5.41, 5.74) is 0.941. The van der Waals surface area contributed by atoms with Gasteiger partial charge in [-0.15, -0.1) is 0 Å². The normalized spacial score (nSPS) is 15.7. The summed E-state index contributed by atoms with van der Waals surface area (Å²) >= 11 is 0. The van der Waals surface area contributed by atoms with Gasteiger partial charge >= 0.3 is 0 Å². The second kappa shape index (κ2) is 7.60. The quantitative estimate of drug-likeness (QED) is 0.815. The molecule has 0 saturated carbocycles. The maximum absolute atomic E-state index is 12.0. The molecular formula is C15H22N2O4S. The van der Waals surface area contributed by atoms with Gasteiger partial charge in [0.25, 0.3) is 0 Å². The van der Waals surface area contributed by atoms with E-state index in [1.165, 1.54) is 4.31 Å². The van der Waals surface area contributed by atoms with Gasteiger partial charge in [0.1, 0.15) is 5.75 Å². The van der Waals surface area contributed by atoms with E-state index in [-0.39, 0.29) is 18.1 Å². The van der Waals surface area contributed by atoms with Crippen LogP contribution in [0.2, 0.25) is 0 Å². The summed E-state index contributed by atoms with van der Waals surface area (Å²) in [6.45, 7) is 1.54. The van der Waals surface area contributed by atoms with E-state index in [0.717, 1.165) is 24.2 Å². The molecule has 122 valence electrons. The van der Waals surface area contributed by atoms with Crippen molar-refractivity contribution in [2.24, 2.45) is 0 Å². The van der Waals surface area contributed by atoms with E-state index in [1.54, 1.807) is 7.11 Å². The molecule has 0 radical (unpaired) electrons. The standard InChI is InChI=1S/C15H22N2O4S/c1-21-14-6-4-13(5-7-14)12-16-15(18)8-11-22(19,20)17-9-2-3-10-17/h4-7H,2-3,8-12H2,1H3,(H,16,18). The highest BCUT2D eigenvalue weighted by molar-refractivity contribution is 7.89. The van der Waals surface area contributed by atoms with Gasteiger partial charge in [-0.05, 0) is 30.5 Å². The number of methoxy groups -OCH3 is 1. The van der Waals surface area contributed by atoms with Gasteiger partial charge in [-0.1, -0.05) is 12.1 Å². The first kappa shape index (κ1) is 16.8. The zero-order valence-corrected chi connectivity index (χ0v) is 13.6. The Morgan fingerprint density at radius 3 is 2.45 bits per heavy atom. The second-order valence-electron chi connectivity index (χ2n) is 5.30. The monoisotopic (exact) mass is 326 g/mol. The number of amides is 1. The van der Waals surface area contributed by atoms with Crippen molar-refractivity contribution in [3.05, 3.63) is 29.8 Å². The van der Waals surface area contributed by atoms with Crippen molar-refractivity contribution >= 4 is 15.9 Å². The van der Waals surface area contributed by atoms with Gasteiger partial charge in [-0.3, -0.25) is 4.79 Å². The Bertz CT molecular complexity index is 592. The summed E-state index contributed by atoms with van der Waals surface area (Å²) in [6, 6.07) is 7.36. The maximum Gasteiger partial charge on any atom is 0.221 e. The predicted octanol–water partition coefficient (Wildman–Crippen LogP) is 1.13. The molecule has 0 bridgehead atoms. The molecule has 1 saturated heterocycles. The van der Waals surface area contributed by atoms with Crippen LogP contribution in [0.3, 0.4) is 0 Å². The van der Waals surface area contributed by atoms with Crippen LogP contribution in [0, 0.1) is 0 Å². The lowest BCUT2D eigenvalue weighted by atomic mass is 10.2. The molecule has 0 spiro atoms. The smallest absolute Gasteiger partial charge is 0.221 e. The number of rotatable bonds is 7. The van der Waals surface area contributed by atoms with Gasteiger partial charge in [0.2, 0.25) is 15.9 Å². The van der Waals surface area contributed by atoms with E-state index in [2.05, 4.69) is 5.32 Å². The lowest BCUT2D eigenvalue weighted by Crippen LogP contribution is -2.33. The second-order valence-corrected chi connectivity index (χ2v) is 7.39. The van der Waals surface area contributed by atoms with Gasteiger partial charge in [0.05, 0.1) is 12.9 Å². The predicted molar refractivity (Wildman–Crippen MR) is 84.1 cm³/mol. The zero-order chi connectivity index (χ0) is 16.0. The lowest BCUT2D eigenvalue weighted by Gasteiger charge is -2.15. The molecule has 0 aliphatic carbocycles. The molecule has 1 heterocycles. The van der Waals surface area contributed by atoms with Crippen LogP contribution in [0.15, 0.2) is 24.3 Å². The zero-order valence-electron chi connectivity index (χ0n) is 12.7. The minimum absolute atomic E-state index is 0.00497. The third-order valence-electron chi connectivity index (χ3n) is 3.69. The Balaban J connectivity index is 1.75. The molecule has 1 aliphatic rings. The number of benzene rings is 1. The molecule has 2 rings (SSSR count). The van der Waals surface area contributed by atoms with Crippen molar-refractivity contribution < 1.29 is 17.9 Å². The molecule has 1 fully saturated rings. The van der Waals surface area contributed by atoms with Crippen LogP contribution in [0.5, 0.6) is 5.75 Å². The summed E-state index contributed by atoms with van der Waals surface area (Å²) in [5, 5.41) is 2.74. The summed E-state index contributed by atoms with van der Waals surface area (Å²) in [6.07, 6.45) is 1.81. The van der Waals surface area contributed by atoms with E-state index in [9.17, 15) is 13.2 Å². The maximum atomic E-state index is 12.0. The molecule has 1 aromatic carbocycles. The lowest BCUT2D eigenvalue weighted by molar-refractivity contribution is -0.120. The molecule has 0 unspecified atom stereocenters. The first-order valence-electron chi connectivity index (χ1n) is 7.39. The number of ether oxygens (including phenoxy) is 1. The molecule has 22 heavy (non-hydrogen) atoms. The number of sulfonamides is 1. The highest BCUT2D eigenvalue weighted by Gasteiger charge is 2.25. The van der Waals surface area contributed by atoms with Crippen molar-refractivity contribution in [2.75, 3.05) is 26.0 Å². The Kier molecular flexibility index (Phi) is 5.79. The molecule has 1 N–H and O–H groups in total. The van der Waals surface area contributed by atoms with Gasteiger partial charge < -0.3 is 10.1 Å². The van der Waals surface area contributed by atoms with E-state index >= 15 is 0 Å². The van der Waals surface area contributed by atoms with Gasteiger partial charge in [-0.2, -0.15) is 0 Å². The summed E-state index contributed by atoms with van der Waals surface area (Å²) < 4.78 is 30.6. The number of hydrogen-bond acceptors (Lipinski definition) is 4. The Hall–Kier alpha value is -1.60. The molecule has 7 heteroatoms. The first-order valence-corrected chi connectivity index (χ1v) is 8.99. The van der Waals surface area contributed by atoms with E-state index in [4.69, 9.17) is 4.74 Å². The van der Waals surface area contributed by atoms with Gasteiger partial charge in [-0.25, -0.2) is 12.7 Å². The summed E-state index contributed by atoms with van der Waals surface area (Å²) in [4.78, 5) is 11.8. The van der Waals surface area contributed by atoms with Crippen LogP contribution in [-0.2, 0) is 21.4 Å². The fraction of sp³-hybridized carbons (Fsp3) is 0.533. The largest absolute Gasteiger partial charge is 0.497 e. The van der Waals surface area contributed by atoms with Crippen molar-refractivity contribution in [1.29, 1.82) is 0 Å². The van der Waals surface area contributed by atoms with Crippen molar-refractivity contribution in [3.8, 4) is 5.75 Å². The first-order chi connectivity index (χ1) is 10.5. The van der Waals surface area contributed by atoms with Crippen molar-refractivity contribution in [2.45, 2.75) is 25.8 Å². The Labute approximate surface area is 131 Å². The van der Waals surface area contributed by atoms with Crippen LogP contribution in [-0.4, -0.2) is 44.6 Å². The van der Waals surface area contributed by atoms with Crippen LogP contribution in [0.25, 0.3) is 0 Å². The molecule has 0 aromatic heterocycles. The van der Waals surface area contributed by atoms with E-state index in [1.807, 2.05) is 24.3 Å². The number of hydrogen-bond donors (Lipinski definition) is 1. The molecule has 0 atom stereocenters. The number of nitrogens with one attached hydrogen (secondary N) is 1. The molecule has 1 amide bonds. The SMILES string of the molecule is COc1ccc(CNC(=O)CCS(=O)(=O)N2CCCC2)cc1. The van der Waals surface area contributed by atoms with Crippen LogP contribution >= 0.6 is 0 Å². The fourth-order valence-corrected chi connectivity index (χ4v) is 3.87. The number of carbonyl (C=O) groups is 1. The van der Waals surface area contributed by atoms with Crippen LogP contribution < -0.4 is 10.1 Å². The minimum Gasteiger partial charge on any atom is -0.497 e. The average molecular weight is 326 g/mol. The molecule has 6 nitrogen and oxygen atoms in total. The highest BCUT2D eigenvalue weighted by Crippen LogP contribution is 2.14. The Morgan fingerprint density at radius 1 is 1.23 bits per heavy atom. The van der Waals surface area contributed by atoms with E-state index < -0.39 is 10.0 Å². The molecule has 1 aromatic rings. The number of carbonyl (C=O) groups excluding carboxylic acids is 1.